The molecule has 2 aromatic carbocycles. The summed E-state index contributed by atoms with van der Waals surface area (Å²) >= 11 is 5.98. The SMILES string of the molecule is COc1cccc2c1ncc1c(=O)n(-c3cccc(Cl)c3)c(=O)[nH]c12. The Bertz CT molecular complexity index is 1240. The highest BCUT2D eigenvalue weighted by Gasteiger charge is 2.14. The molecule has 7 heteroatoms. The van der Waals surface area contributed by atoms with Crippen molar-refractivity contribution >= 4 is 33.4 Å². The molecule has 0 spiro atoms. The molecule has 2 aromatic heterocycles. The van der Waals surface area contributed by atoms with Crippen LogP contribution in [0.4, 0.5) is 0 Å². The minimum absolute atomic E-state index is 0.306. The van der Waals surface area contributed by atoms with E-state index < -0.39 is 11.2 Å². The fraction of sp³-hybridized carbons (Fsp3) is 0.0556. The van der Waals surface area contributed by atoms with Gasteiger partial charge in [0.05, 0.1) is 23.7 Å². The van der Waals surface area contributed by atoms with E-state index in [-0.39, 0.29) is 0 Å². The van der Waals surface area contributed by atoms with Gasteiger partial charge in [-0.1, -0.05) is 29.8 Å². The van der Waals surface area contributed by atoms with Gasteiger partial charge in [-0.2, -0.15) is 0 Å². The molecular formula is C18H12ClN3O3. The summed E-state index contributed by atoms with van der Waals surface area (Å²) in [5.74, 6) is 0.569. The molecule has 0 aliphatic heterocycles. The van der Waals surface area contributed by atoms with Gasteiger partial charge in [0, 0.05) is 16.6 Å². The molecule has 4 rings (SSSR count). The third kappa shape index (κ3) is 2.38. The van der Waals surface area contributed by atoms with E-state index in [0.717, 1.165) is 4.57 Å². The number of hydrogen-bond donors (Lipinski definition) is 1. The zero-order valence-electron chi connectivity index (χ0n) is 13.1. The summed E-state index contributed by atoms with van der Waals surface area (Å²) in [5.41, 5.74) is 0.393. The number of rotatable bonds is 2. The maximum absolute atomic E-state index is 12.9. The number of methoxy groups -OCH3 is 1. The van der Waals surface area contributed by atoms with Crippen LogP contribution in [0.3, 0.4) is 0 Å². The summed E-state index contributed by atoms with van der Waals surface area (Å²) < 4.78 is 6.33. The van der Waals surface area contributed by atoms with Gasteiger partial charge in [0.2, 0.25) is 0 Å². The van der Waals surface area contributed by atoms with Gasteiger partial charge in [0.15, 0.2) is 0 Å². The summed E-state index contributed by atoms with van der Waals surface area (Å²) in [6.07, 6.45) is 1.44. The van der Waals surface area contributed by atoms with E-state index in [4.69, 9.17) is 16.3 Å². The largest absolute Gasteiger partial charge is 0.494 e. The monoisotopic (exact) mass is 353 g/mol. The predicted octanol–water partition coefficient (Wildman–Crippen LogP) is 2.89. The van der Waals surface area contributed by atoms with E-state index in [1.807, 2.05) is 0 Å². The van der Waals surface area contributed by atoms with E-state index in [9.17, 15) is 9.59 Å². The molecule has 6 nitrogen and oxygen atoms in total. The van der Waals surface area contributed by atoms with E-state index in [1.54, 1.807) is 49.6 Å². The molecule has 2 heterocycles. The van der Waals surface area contributed by atoms with Crippen molar-refractivity contribution in [3.63, 3.8) is 0 Å². The van der Waals surface area contributed by atoms with Crippen molar-refractivity contribution in [3.05, 3.63) is 74.5 Å². The number of fused-ring (bicyclic) bond motifs is 3. The first-order valence-electron chi connectivity index (χ1n) is 7.47. The van der Waals surface area contributed by atoms with Gasteiger partial charge in [-0.05, 0) is 24.3 Å². The number of halogens is 1. The smallest absolute Gasteiger partial charge is 0.333 e. The minimum Gasteiger partial charge on any atom is -0.494 e. The number of hydrogen-bond acceptors (Lipinski definition) is 4. The Morgan fingerprint density at radius 2 is 1.92 bits per heavy atom. The van der Waals surface area contributed by atoms with Gasteiger partial charge >= 0.3 is 5.69 Å². The number of aromatic amines is 1. The molecule has 25 heavy (non-hydrogen) atoms. The van der Waals surface area contributed by atoms with E-state index in [1.165, 1.54) is 6.20 Å². The molecule has 0 unspecified atom stereocenters. The number of aromatic nitrogens is 3. The fourth-order valence-electron chi connectivity index (χ4n) is 2.88. The molecule has 0 saturated carbocycles. The van der Waals surface area contributed by atoms with Crippen LogP contribution < -0.4 is 16.0 Å². The molecule has 0 aliphatic rings. The number of nitrogens with one attached hydrogen (secondary N) is 1. The first kappa shape index (κ1) is 15.4. The van der Waals surface area contributed by atoms with Crippen LogP contribution in [0.5, 0.6) is 5.75 Å². The van der Waals surface area contributed by atoms with E-state index in [0.29, 0.717) is 38.3 Å². The second kappa shape index (κ2) is 5.75. The van der Waals surface area contributed by atoms with Crippen LogP contribution in [-0.2, 0) is 0 Å². The topological polar surface area (TPSA) is 77.0 Å². The first-order chi connectivity index (χ1) is 12.1. The zero-order chi connectivity index (χ0) is 17.6. The maximum atomic E-state index is 12.9. The molecular weight excluding hydrogens is 342 g/mol. The molecule has 4 aromatic rings. The first-order valence-corrected chi connectivity index (χ1v) is 7.84. The second-order valence-corrected chi connectivity index (χ2v) is 5.89. The van der Waals surface area contributed by atoms with Crippen LogP contribution in [-0.4, -0.2) is 21.6 Å². The summed E-state index contributed by atoms with van der Waals surface area (Å²) in [4.78, 5) is 32.6. The number of para-hydroxylation sites is 1. The van der Waals surface area contributed by atoms with Crippen molar-refractivity contribution < 1.29 is 4.74 Å². The summed E-state index contributed by atoms with van der Waals surface area (Å²) in [7, 11) is 1.54. The number of pyridine rings is 1. The zero-order valence-corrected chi connectivity index (χ0v) is 13.9. The number of nitrogens with zero attached hydrogens (tertiary/aromatic N) is 2. The van der Waals surface area contributed by atoms with E-state index >= 15 is 0 Å². The van der Waals surface area contributed by atoms with Crippen molar-refractivity contribution in [2.75, 3.05) is 7.11 Å². The quantitative estimate of drug-likeness (QED) is 0.562. The second-order valence-electron chi connectivity index (χ2n) is 5.45. The lowest BCUT2D eigenvalue weighted by molar-refractivity contribution is 0.419. The highest BCUT2D eigenvalue weighted by Crippen LogP contribution is 2.26. The van der Waals surface area contributed by atoms with Gasteiger partial charge in [-0.3, -0.25) is 9.78 Å². The Hall–Kier alpha value is -3.12. The lowest BCUT2D eigenvalue weighted by Gasteiger charge is -2.09. The number of ether oxygens (including phenoxy) is 1. The van der Waals surface area contributed by atoms with Crippen molar-refractivity contribution in [3.8, 4) is 11.4 Å². The van der Waals surface area contributed by atoms with Gasteiger partial charge in [0.25, 0.3) is 5.56 Å². The summed E-state index contributed by atoms with van der Waals surface area (Å²) in [5, 5.41) is 1.38. The summed E-state index contributed by atoms with van der Waals surface area (Å²) in [6.45, 7) is 0. The molecule has 0 saturated heterocycles. The molecule has 0 radical (unpaired) electrons. The third-order valence-corrected chi connectivity index (χ3v) is 4.25. The predicted molar refractivity (Wildman–Crippen MR) is 97.0 cm³/mol. The Morgan fingerprint density at radius 1 is 1.12 bits per heavy atom. The molecule has 0 aliphatic carbocycles. The number of H-pyrrole nitrogens is 1. The molecule has 0 atom stereocenters. The highest BCUT2D eigenvalue weighted by molar-refractivity contribution is 6.30. The molecule has 0 amide bonds. The Kier molecular flexibility index (Phi) is 3.54. The van der Waals surface area contributed by atoms with Crippen molar-refractivity contribution in [2.24, 2.45) is 0 Å². The van der Waals surface area contributed by atoms with Gasteiger partial charge in [-0.25, -0.2) is 9.36 Å². The van der Waals surface area contributed by atoms with Crippen molar-refractivity contribution in [1.29, 1.82) is 0 Å². The average molecular weight is 354 g/mol. The van der Waals surface area contributed by atoms with Gasteiger partial charge in [-0.15, -0.1) is 0 Å². The Morgan fingerprint density at radius 3 is 2.68 bits per heavy atom. The van der Waals surface area contributed by atoms with Crippen molar-refractivity contribution in [1.82, 2.24) is 14.5 Å². The van der Waals surface area contributed by atoms with Crippen molar-refractivity contribution in [2.45, 2.75) is 0 Å². The Balaban J connectivity index is 2.13. The van der Waals surface area contributed by atoms with Crippen LogP contribution in [0.25, 0.3) is 27.5 Å². The molecule has 1 N–H and O–H groups in total. The van der Waals surface area contributed by atoms with Crippen LogP contribution in [0, 0.1) is 0 Å². The van der Waals surface area contributed by atoms with Crippen LogP contribution >= 0.6 is 11.6 Å². The highest BCUT2D eigenvalue weighted by atomic mass is 35.5. The normalized spacial score (nSPS) is 11.1. The molecule has 0 fully saturated rings. The number of benzene rings is 2. The molecule has 124 valence electrons. The fourth-order valence-corrected chi connectivity index (χ4v) is 3.07. The third-order valence-electron chi connectivity index (χ3n) is 4.02. The lowest BCUT2D eigenvalue weighted by Crippen LogP contribution is -2.33. The summed E-state index contributed by atoms with van der Waals surface area (Å²) in [6, 6.07) is 11.9. The van der Waals surface area contributed by atoms with Crippen LogP contribution in [0.15, 0.2) is 58.3 Å². The van der Waals surface area contributed by atoms with Gasteiger partial charge < -0.3 is 9.72 Å². The van der Waals surface area contributed by atoms with Gasteiger partial charge in [0.1, 0.15) is 11.3 Å². The lowest BCUT2D eigenvalue weighted by atomic mass is 10.1. The standard InChI is InChI=1S/C18H12ClN3O3/c1-25-14-7-3-6-12-15-13(9-20-16(12)14)17(23)22(18(24)21-15)11-5-2-4-10(19)8-11/h2-9H,1H3,(H,21,24). The Labute approximate surface area is 146 Å². The average Bonchev–Trinajstić information content (AvgIpc) is 2.61. The van der Waals surface area contributed by atoms with Crippen LogP contribution in [0.2, 0.25) is 5.02 Å². The van der Waals surface area contributed by atoms with Crippen LogP contribution in [0.1, 0.15) is 0 Å². The van der Waals surface area contributed by atoms with E-state index in [2.05, 4.69) is 9.97 Å². The molecule has 0 bridgehead atoms. The maximum Gasteiger partial charge on any atom is 0.333 e. The minimum atomic E-state index is -0.546.